The predicted molar refractivity (Wildman–Crippen MR) is 77.7 cm³/mol. The Morgan fingerprint density at radius 1 is 1.32 bits per heavy atom. The minimum atomic E-state index is -1.09. The maximum atomic E-state index is 12.0. The van der Waals surface area contributed by atoms with E-state index in [-0.39, 0.29) is 12.5 Å². The number of benzene rings is 1. The number of carboxylic acid groups (broad SMARTS) is 1. The highest BCUT2D eigenvalue weighted by Gasteiger charge is 2.33. The van der Waals surface area contributed by atoms with Crippen molar-refractivity contribution in [2.45, 2.75) is 19.4 Å². The van der Waals surface area contributed by atoms with Gasteiger partial charge < -0.3 is 14.7 Å². The number of amides is 1. The lowest BCUT2D eigenvalue weighted by molar-refractivity contribution is -0.141. The normalized spacial score (nSPS) is 16.6. The number of carbonyl (C=O) groups excluding carboxylic acids is 1. The number of nitrogens with zero attached hydrogens (tertiary/aromatic N) is 2. The van der Waals surface area contributed by atoms with Crippen molar-refractivity contribution in [3.63, 3.8) is 0 Å². The number of carbonyl (C=O) groups is 2. The third kappa shape index (κ3) is 3.98. The number of piperidine rings is 1. The highest BCUT2D eigenvalue weighted by atomic mass is 16.6. The van der Waals surface area contributed by atoms with E-state index in [1.54, 1.807) is 4.90 Å². The van der Waals surface area contributed by atoms with Crippen LogP contribution in [0.25, 0.3) is 0 Å². The second-order valence-corrected chi connectivity index (χ2v) is 5.31. The van der Waals surface area contributed by atoms with Crippen LogP contribution in [0.5, 0.6) is 0 Å². The van der Waals surface area contributed by atoms with Crippen LogP contribution < -0.4 is 0 Å². The minimum Gasteiger partial charge on any atom is -0.480 e. The molecule has 0 aliphatic carbocycles. The Bertz CT molecular complexity index is 559. The largest absolute Gasteiger partial charge is 0.480 e. The van der Waals surface area contributed by atoms with Crippen LogP contribution in [0, 0.1) is 23.2 Å². The van der Waals surface area contributed by atoms with Gasteiger partial charge in [0.1, 0.15) is 12.5 Å². The molecule has 22 heavy (non-hydrogen) atoms. The molecule has 1 fully saturated rings. The van der Waals surface area contributed by atoms with E-state index in [1.807, 2.05) is 36.4 Å². The molecule has 1 aliphatic rings. The van der Waals surface area contributed by atoms with E-state index in [2.05, 4.69) is 0 Å². The van der Waals surface area contributed by atoms with Gasteiger partial charge in [-0.2, -0.15) is 5.26 Å². The van der Waals surface area contributed by atoms with Crippen molar-refractivity contribution in [1.29, 1.82) is 5.26 Å². The fourth-order valence-electron chi connectivity index (χ4n) is 2.59. The topological polar surface area (TPSA) is 90.6 Å². The first kappa shape index (κ1) is 15.8. The number of hydrogen-bond acceptors (Lipinski definition) is 4. The lowest BCUT2D eigenvalue weighted by Crippen LogP contribution is -2.41. The number of aliphatic carboxylic acids is 1. The lowest BCUT2D eigenvalue weighted by Gasteiger charge is -2.32. The Morgan fingerprint density at radius 2 is 1.95 bits per heavy atom. The number of ether oxygens (including phenoxy) is 1. The van der Waals surface area contributed by atoms with Gasteiger partial charge in [-0.05, 0) is 24.3 Å². The standard InChI is InChI=1S/C16H18N2O4/c17-10-14(15(19)20)13-6-8-18(9-7-13)16(21)22-11-12-4-2-1-3-5-12/h1-5,13-14H,6-9,11H2,(H,19,20). The first-order valence-electron chi connectivity index (χ1n) is 7.20. The highest BCUT2D eigenvalue weighted by Crippen LogP contribution is 2.25. The summed E-state index contributed by atoms with van der Waals surface area (Å²) in [4.78, 5) is 24.5. The summed E-state index contributed by atoms with van der Waals surface area (Å²) in [7, 11) is 0. The molecule has 1 unspecified atom stereocenters. The van der Waals surface area contributed by atoms with Crippen molar-refractivity contribution in [1.82, 2.24) is 4.90 Å². The van der Waals surface area contributed by atoms with E-state index < -0.39 is 18.0 Å². The average molecular weight is 302 g/mol. The molecule has 1 aromatic carbocycles. The maximum Gasteiger partial charge on any atom is 0.410 e. The molecule has 0 aromatic heterocycles. The molecule has 1 aliphatic heterocycles. The first-order valence-corrected chi connectivity index (χ1v) is 7.20. The van der Waals surface area contributed by atoms with Crippen LogP contribution in [0.1, 0.15) is 18.4 Å². The summed E-state index contributed by atoms with van der Waals surface area (Å²) in [5.41, 5.74) is 0.918. The van der Waals surface area contributed by atoms with Crippen LogP contribution in [-0.2, 0) is 16.1 Å². The van der Waals surface area contributed by atoms with Crippen LogP contribution in [0.2, 0.25) is 0 Å². The predicted octanol–water partition coefficient (Wildman–Crippen LogP) is 2.26. The van der Waals surface area contributed by atoms with Crippen molar-refractivity contribution < 1.29 is 19.4 Å². The Labute approximate surface area is 128 Å². The number of likely N-dealkylation sites (tertiary alicyclic amines) is 1. The molecule has 1 saturated heterocycles. The second kappa shape index (κ2) is 7.46. The molecule has 116 valence electrons. The van der Waals surface area contributed by atoms with Gasteiger partial charge in [-0.1, -0.05) is 30.3 Å². The summed E-state index contributed by atoms with van der Waals surface area (Å²) in [5, 5.41) is 17.9. The maximum absolute atomic E-state index is 12.0. The molecule has 1 heterocycles. The molecule has 6 heteroatoms. The summed E-state index contributed by atoms with van der Waals surface area (Å²) in [6.07, 6.45) is 0.613. The third-order valence-corrected chi connectivity index (χ3v) is 3.88. The fraction of sp³-hybridized carbons (Fsp3) is 0.438. The van der Waals surface area contributed by atoms with Gasteiger partial charge >= 0.3 is 12.1 Å². The summed E-state index contributed by atoms with van der Waals surface area (Å²) >= 11 is 0. The molecule has 1 atom stereocenters. The Balaban J connectivity index is 1.80. The summed E-state index contributed by atoms with van der Waals surface area (Å²) in [5.74, 6) is -2.30. The zero-order valence-corrected chi connectivity index (χ0v) is 12.1. The van der Waals surface area contributed by atoms with Gasteiger partial charge in [0.25, 0.3) is 0 Å². The van der Waals surface area contributed by atoms with E-state index in [0.717, 1.165) is 5.56 Å². The van der Waals surface area contributed by atoms with Gasteiger partial charge in [0, 0.05) is 13.1 Å². The van der Waals surface area contributed by atoms with Crippen LogP contribution in [0.3, 0.4) is 0 Å². The Morgan fingerprint density at radius 3 is 2.50 bits per heavy atom. The number of nitriles is 1. The van der Waals surface area contributed by atoms with Crippen LogP contribution in [0.4, 0.5) is 4.79 Å². The van der Waals surface area contributed by atoms with Gasteiger partial charge in [-0.3, -0.25) is 4.79 Å². The van der Waals surface area contributed by atoms with Gasteiger partial charge in [0.15, 0.2) is 0 Å². The van der Waals surface area contributed by atoms with Gasteiger partial charge in [-0.15, -0.1) is 0 Å². The molecular weight excluding hydrogens is 284 g/mol. The molecular formula is C16H18N2O4. The summed E-state index contributed by atoms with van der Waals surface area (Å²) in [6, 6.07) is 11.2. The van der Waals surface area contributed by atoms with E-state index in [9.17, 15) is 9.59 Å². The zero-order chi connectivity index (χ0) is 15.9. The molecule has 1 aromatic rings. The van der Waals surface area contributed by atoms with E-state index >= 15 is 0 Å². The SMILES string of the molecule is N#CC(C(=O)O)C1CCN(C(=O)OCc2ccccc2)CC1. The fourth-order valence-corrected chi connectivity index (χ4v) is 2.59. The average Bonchev–Trinajstić information content (AvgIpc) is 2.54. The first-order chi connectivity index (χ1) is 10.6. The van der Waals surface area contributed by atoms with E-state index in [4.69, 9.17) is 15.1 Å². The van der Waals surface area contributed by atoms with Gasteiger partial charge in [-0.25, -0.2) is 4.79 Å². The number of carboxylic acids is 1. The van der Waals surface area contributed by atoms with E-state index in [0.29, 0.717) is 25.9 Å². The van der Waals surface area contributed by atoms with Crippen LogP contribution in [0.15, 0.2) is 30.3 Å². The second-order valence-electron chi connectivity index (χ2n) is 5.31. The van der Waals surface area contributed by atoms with Crippen molar-refractivity contribution in [3.05, 3.63) is 35.9 Å². The van der Waals surface area contributed by atoms with Crippen molar-refractivity contribution in [2.75, 3.05) is 13.1 Å². The van der Waals surface area contributed by atoms with Crippen molar-refractivity contribution >= 4 is 12.1 Å². The highest BCUT2D eigenvalue weighted by molar-refractivity contribution is 5.73. The molecule has 6 nitrogen and oxygen atoms in total. The number of rotatable bonds is 4. The third-order valence-electron chi connectivity index (χ3n) is 3.88. The monoisotopic (exact) mass is 302 g/mol. The van der Waals surface area contributed by atoms with Gasteiger partial charge in [0.2, 0.25) is 0 Å². The Hall–Kier alpha value is -2.55. The van der Waals surface area contributed by atoms with Crippen LogP contribution >= 0.6 is 0 Å². The minimum absolute atomic E-state index is 0.208. The molecule has 1 amide bonds. The molecule has 0 radical (unpaired) electrons. The Kier molecular flexibility index (Phi) is 5.37. The molecule has 0 spiro atoms. The molecule has 2 rings (SSSR count). The zero-order valence-electron chi connectivity index (χ0n) is 12.1. The van der Waals surface area contributed by atoms with E-state index in [1.165, 1.54) is 0 Å². The number of hydrogen-bond donors (Lipinski definition) is 1. The van der Waals surface area contributed by atoms with Gasteiger partial charge in [0.05, 0.1) is 6.07 Å². The lowest BCUT2D eigenvalue weighted by atomic mass is 9.85. The molecule has 0 bridgehead atoms. The van der Waals surface area contributed by atoms with Crippen molar-refractivity contribution in [2.24, 2.45) is 11.8 Å². The molecule has 1 N–H and O–H groups in total. The van der Waals surface area contributed by atoms with Crippen LogP contribution in [-0.4, -0.2) is 35.2 Å². The smallest absolute Gasteiger partial charge is 0.410 e. The quantitative estimate of drug-likeness (QED) is 0.921. The summed E-state index contributed by atoms with van der Waals surface area (Å²) in [6.45, 7) is 1.06. The molecule has 0 saturated carbocycles. The van der Waals surface area contributed by atoms with Crippen molar-refractivity contribution in [3.8, 4) is 6.07 Å². The summed E-state index contributed by atoms with van der Waals surface area (Å²) < 4.78 is 5.24.